The molecular formula is C12H21BrO2. The molecule has 0 aromatic rings. The van der Waals surface area contributed by atoms with E-state index in [0.29, 0.717) is 5.33 Å². The van der Waals surface area contributed by atoms with Gasteiger partial charge in [0.2, 0.25) is 0 Å². The number of rotatable bonds is 2. The molecule has 0 aromatic carbocycles. The van der Waals surface area contributed by atoms with Crippen molar-refractivity contribution in [3.63, 3.8) is 0 Å². The number of carbonyl (C=O) groups is 1. The maximum Gasteiger partial charge on any atom is 0.330 e. The highest BCUT2D eigenvalue weighted by atomic mass is 79.9. The van der Waals surface area contributed by atoms with Crippen molar-refractivity contribution in [1.29, 1.82) is 0 Å². The topological polar surface area (TPSA) is 26.3 Å². The Morgan fingerprint density at radius 1 is 1.40 bits per heavy atom. The second kappa shape index (κ2) is 8.72. The highest BCUT2D eigenvalue weighted by Crippen LogP contribution is 2.06. The third-order valence-corrected chi connectivity index (χ3v) is 1.12. The number of alkyl halides is 1. The standard InChI is InChI=1S/C8H13BrO2.C4H8/c1-8(2,3)11-7(10)5-4-6-9;1-4(2)3/h4-5H,6H2,1-3H3;1H2,2-3H3/b5-4+;. The van der Waals surface area contributed by atoms with Gasteiger partial charge in [0, 0.05) is 11.4 Å². The molecule has 0 N–H and O–H groups in total. The normalized spacial score (nSPS) is 10.5. The van der Waals surface area contributed by atoms with E-state index in [4.69, 9.17) is 4.74 Å². The second-order valence-corrected chi connectivity index (χ2v) is 4.94. The first-order chi connectivity index (χ1) is 6.69. The molecule has 0 heterocycles. The zero-order chi connectivity index (χ0) is 12.5. The van der Waals surface area contributed by atoms with E-state index in [-0.39, 0.29) is 5.97 Å². The van der Waals surface area contributed by atoms with Gasteiger partial charge in [0.25, 0.3) is 0 Å². The van der Waals surface area contributed by atoms with E-state index in [0.717, 1.165) is 0 Å². The quantitative estimate of drug-likeness (QED) is 0.331. The summed E-state index contributed by atoms with van der Waals surface area (Å²) < 4.78 is 4.99. The van der Waals surface area contributed by atoms with E-state index in [2.05, 4.69) is 22.5 Å². The SMILES string of the molecule is C=C(C)C.CC(C)(C)OC(=O)/C=C/CBr. The van der Waals surface area contributed by atoms with Gasteiger partial charge < -0.3 is 4.74 Å². The van der Waals surface area contributed by atoms with Crippen LogP contribution in [0.3, 0.4) is 0 Å². The molecule has 0 spiro atoms. The predicted octanol–water partition coefficient (Wildman–Crippen LogP) is 3.86. The van der Waals surface area contributed by atoms with Crippen molar-refractivity contribution in [2.45, 2.75) is 40.2 Å². The zero-order valence-electron chi connectivity index (χ0n) is 10.3. The van der Waals surface area contributed by atoms with Crippen molar-refractivity contribution >= 4 is 21.9 Å². The zero-order valence-corrected chi connectivity index (χ0v) is 11.8. The monoisotopic (exact) mass is 276 g/mol. The van der Waals surface area contributed by atoms with E-state index in [1.165, 1.54) is 11.6 Å². The second-order valence-electron chi connectivity index (χ2n) is 4.30. The van der Waals surface area contributed by atoms with Crippen LogP contribution in [0, 0.1) is 0 Å². The lowest BCUT2D eigenvalue weighted by atomic mass is 10.2. The van der Waals surface area contributed by atoms with Gasteiger partial charge in [-0.25, -0.2) is 4.79 Å². The summed E-state index contributed by atoms with van der Waals surface area (Å²) in [6.07, 6.45) is 3.12. The Balaban J connectivity index is 0. The third-order valence-electron chi connectivity index (χ3n) is 0.750. The fourth-order valence-corrected chi connectivity index (χ4v) is 0.663. The molecule has 0 saturated carbocycles. The van der Waals surface area contributed by atoms with Gasteiger partial charge in [0.05, 0.1) is 0 Å². The number of carbonyl (C=O) groups excluding carboxylic acids is 1. The van der Waals surface area contributed by atoms with Crippen LogP contribution in [-0.2, 0) is 9.53 Å². The molecule has 0 radical (unpaired) electrons. The predicted molar refractivity (Wildman–Crippen MR) is 69.3 cm³/mol. The Labute approximate surface area is 102 Å². The Kier molecular flexibility index (Phi) is 9.79. The molecule has 0 saturated heterocycles. The lowest BCUT2D eigenvalue weighted by Crippen LogP contribution is -2.22. The minimum Gasteiger partial charge on any atom is -0.457 e. The number of allylic oxidation sites excluding steroid dienone is 2. The van der Waals surface area contributed by atoms with Crippen LogP contribution in [0.25, 0.3) is 0 Å². The summed E-state index contributed by atoms with van der Waals surface area (Å²) in [5.41, 5.74) is 0.772. The van der Waals surface area contributed by atoms with Crippen LogP contribution in [0.4, 0.5) is 0 Å². The molecule has 15 heavy (non-hydrogen) atoms. The average molecular weight is 277 g/mol. The summed E-state index contributed by atoms with van der Waals surface area (Å²) >= 11 is 3.16. The smallest absolute Gasteiger partial charge is 0.330 e. The van der Waals surface area contributed by atoms with Crippen LogP contribution in [0.1, 0.15) is 34.6 Å². The van der Waals surface area contributed by atoms with Crippen LogP contribution in [-0.4, -0.2) is 16.9 Å². The van der Waals surface area contributed by atoms with E-state index in [1.807, 2.05) is 34.6 Å². The molecule has 0 aromatic heterocycles. The molecule has 3 heteroatoms. The van der Waals surface area contributed by atoms with Crippen LogP contribution < -0.4 is 0 Å². The van der Waals surface area contributed by atoms with Gasteiger partial charge in [-0.2, -0.15) is 0 Å². The molecule has 0 aliphatic rings. The van der Waals surface area contributed by atoms with E-state index in [1.54, 1.807) is 6.08 Å². The van der Waals surface area contributed by atoms with Crippen molar-refractivity contribution in [3.05, 3.63) is 24.3 Å². The van der Waals surface area contributed by atoms with Crippen molar-refractivity contribution < 1.29 is 9.53 Å². The summed E-state index contributed by atoms with van der Waals surface area (Å²) in [5.74, 6) is -0.294. The Morgan fingerprint density at radius 3 is 2.07 bits per heavy atom. The molecule has 0 atom stereocenters. The number of hydrogen-bond donors (Lipinski definition) is 0. The first-order valence-corrected chi connectivity index (χ1v) is 5.88. The summed E-state index contributed by atoms with van der Waals surface area (Å²) in [7, 11) is 0. The van der Waals surface area contributed by atoms with Gasteiger partial charge in [-0.3, -0.25) is 0 Å². The number of ether oxygens (including phenoxy) is 1. The Bertz CT molecular complexity index is 220. The van der Waals surface area contributed by atoms with E-state index >= 15 is 0 Å². The summed E-state index contributed by atoms with van der Waals surface area (Å²) in [6, 6.07) is 0. The molecular weight excluding hydrogens is 256 g/mol. The van der Waals surface area contributed by atoms with Gasteiger partial charge in [-0.1, -0.05) is 27.6 Å². The summed E-state index contributed by atoms with van der Waals surface area (Å²) in [6.45, 7) is 13.0. The molecule has 0 amide bonds. The molecule has 0 fully saturated rings. The average Bonchev–Trinajstić information content (AvgIpc) is 1.96. The molecule has 0 rings (SSSR count). The van der Waals surface area contributed by atoms with Crippen LogP contribution in [0.15, 0.2) is 24.3 Å². The lowest BCUT2D eigenvalue weighted by molar-refractivity contribution is -0.148. The number of hydrogen-bond acceptors (Lipinski definition) is 2. The summed E-state index contributed by atoms with van der Waals surface area (Å²) in [4.78, 5) is 10.9. The van der Waals surface area contributed by atoms with Gasteiger partial charge in [0.1, 0.15) is 5.60 Å². The lowest BCUT2D eigenvalue weighted by Gasteiger charge is -2.17. The minimum absolute atomic E-state index is 0.294. The van der Waals surface area contributed by atoms with Crippen molar-refractivity contribution in [2.75, 3.05) is 5.33 Å². The third kappa shape index (κ3) is 24.7. The maximum absolute atomic E-state index is 10.9. The van der Waals surface area contributed by atoms with Gasteiger partial charge in [0.15, 0.2) is 0 Å². The van der Waals surface area contributed by atoms with Gasteiger partial charge in [-0.15, -0.1) is 6.58 Å². The van der Waals surface area contributed by atoms with E-state index in [9.17, 15) is 4.79 Å². The van der Waals surface area contributed by atoms with E-state index < -0.39 is 5.60 Å². The van der Waals surface area contributed by atoms with Crippen molar-refractivity contribution in [2.24, 2.45) is 0 Å². The maximum atomic E-state index is 10.9. The molecule has 88 valence electrons. The van der Waals surface area contributed by atoms with Crippen molar-refractivity contribution in [1.82, 2.24) is 0 Å². The fraction of sp³-hybridized carbons (Fsp3) is 0.583. The minimum atomic E-state index is -0.395. The first kappa shape index (κ1) is 16.8. The largest absolute Gasteiger partial charge is 0.457 e. The summed E-state index contributed by atoms with van der Waals surface area (Å²) in [5, 5.41) is 0.673. The Morgan fingerprint density at radius 2 is 1.80 bits per heavy atom. The highest BCUT2D eigenvalue weighted by Gasteiger charge is 2.13. The highest BCUT2D eigenvalue weighted by molar-refractivity contribution is 9.09. The molecule has 2 nitrogen and oxygen atoms in total. The number of esters is 1. The van der Waals surface area contributed by atoms with Crippen molar-refractivity contribution in [3.8, 4) is 0 Å². The molecule has 0 unspecified atom stereocenters. The van der Waals surface area contributed by atoms with Crippen LogP contribution in [0.2, 0.25) is 0 Å². The molecule has 0 aliphatic carbocycles. The van der Waals surface area contributed by atoms with Gasteiger partial charge in [-0.05, 0) is 34.6 Å². The fourth-order valence-electron chi connectivity index (χ4n) is 0.477. The number of halogens is 1. The first-order valence-electron chi connectivity index (χ1n) is 4.76. The van der Waals surface area contributed by atoms with Crippen LogP contribution in [0.5, 0.6) is 0 Å². The Hall–Kier alpha value is -0.570. The van der Waals surface area contributed by atoms with Gasteiger partial charge >= 0.3 is 5.97 Å². The molecule has 0 aliphatic heterocycles. The van der Waals surface area contributed by atoms with Crippen LogP contribution >= 0.6 is 15.9 Å². The molecule has 0 bridgehead atoms.